The number of para-hydroxylation sites is 1. The molecule has 1 heterocycles. The van der Waals surface area contributed by atoms with Crippen molar-refractivity contribution >= 4 is 23.1 Å². The van der Waals surface area contributed by atoms with E-state index >= 15 is 0 Å². The highest BCUT2D eigenvalue weighted by atomic mass is 16.5. The standard InChI is InChI=1S/C22H24N4O2/c1-22(2,3)17-7-5-6-8-18(17)26-20-13-19(23-14-24-20)21(27)25-15-9-11-16(28-4)12-10-15/h5-14H,1-4H3,(H,25,27)(H,23,24,26). The largest absolute Gasteiger partial charge is 0.497 e. The van der Waals surface area contributed by atoms with Crippen molar-refractivity contribution in [1.82, 2.24) is 9.97 Å². The van der Waals surface area contributed by atoms with Crippen molar-refractivity contribution in [3.8, 4) is 5.75 Å². The zero-order valence-corrected chi connectivity index (χ0v) is 16.5. The quantitative estimate of drug-likeness (QED) is 0.670. The number of nitrogens with one attached hydrogen (secondary N) is 2. The second-order valence-electron chi connectivity index (χ2n) is 7.39. The van der Waals surface area contributed by atoms with Gasteiger partial charge in [0.05, 0.1) is 7.11 Å². The highest BCUT2D eigenvalue weighted by molar-refractivity contribution is 6.03. The molecule has 1 aromatic heterocycles. The third-order valence-electron chi connectivity index (χ3n) is 4.25. The Hall–Kier alpha value is -3.41. The molecule has 1 amide bonds. The summed E-state index contributed by atoms with van der Waals surface area (Å²) in [7, 11) is 1.60. The molecule has 6 nitrogen and oxygen atoms in total. The van der Waals surface area contributed by atoms with Crippen LogP contribution in [-0.4, -0.2) is 23.0 Å². The fraction of sp³-hybridized carbons (Fsp3) is 0.227. The van der Waals surface area contributed by atoms with Crippen LogP contribution in [0.3, 0.4) is 0 Å². The van der Waals surface area contributed by atoms with Crippen molar-refractivity contribution in [3.63, 3.8) is 0 Å². The van der Waals surface area contributed by atoms with Gasteiger partial charge in [-0.15, -0.1) is 0 Å². The lowest BCUT2D eigenvalue weighted by Crippen LogP contribution is -2.15. The highest BCUT2D eigenvalue weighted by Crippen LogP contribution is 2.30. The molecule has 0 aliphatic rings. The Kier molecular flexibility index (Phi) is 5.59. The number of hydrogen-bond acceptors (Lipinski definition) is 5. The van der Waals surface area contributed by atoms with E-state index in [9.17, 15) is 4.79 Å². The van der Waals surface area contributed by atoms with Crippen LogP contribution in [-0.2, 0) is 5.41 Å². The number of methoxy groups -OCH3 is 1. The van der Waals surface area contributed by atoms with Crippen LogP contribution in [0.1, 0.15) is 36.8 Å². The van der Waals surface area contributed by atoms with Crippen LogP contribution in [0, 0.1) is 0 Å². The van der Waals surface area contributed by atoms with E-state index < -0.39 is 0 Å². The fourth-order valence-corrected chi connectivity index (χ4v) is 2.80. The summed E-state index contributed by atoms with van der Waals surface area (Å²) in [6.45, 7) is 6.46. The number of hydrogen-bond donors (Lipinski definition) is 2. The van der Waals surface area contributed by atoms with Crippen molar-refractivity contribution in [2.24, 2.45) is 0 Å². The number of aromatic nitrogens is 2. The van der Waals surface area contributed by atoms with Crippen molar-refractivity contribution in [2.75, 3.05) is 17.7 Å². The maximum atomic E-state index is 12.5. The Labute approximate surface area is 165 Å². The predicted octanol–water partition coefficient (Wildman–Crippen LogP) is 4.78. The zero-order chi connectivity index (χ0) is 20.1. The maximum Gasteiger partial charge on any atom is 0.274 e. The second kappa shape index (κ2) is 8.08. The summed E-state index contributed by atoms with van der Waals surface area (Å²) in [6.07, 6.45) is 1.38. The van der Waals surface area contributed by atoms with Crippen LogP contribution in [0.5, 0.6) is 5.75 Å². The van der Waals surface area contributed by atoms with Gasteiger partial charge in [0.25, 0.3) is 5.91 Å². The van der Waals surface area contributed by atoms with Crippen LogP contribution >= 0.6 is 0 Å². The predicted molar refractivity (Wildman–Crippen MR) is 111 cm³/mol. The molecule has 0 radical (unpaired) electrons. The molecule has 2 aromatic carbocycles. The van der Waals surface area contributed by atoms with E-state index in [0.29, 0.717) is 11.5 Å². The summed E-state index contributed by atoms with van der Waals surface area (Å²) in [6, 6.07) is 16.8. The summed E-state index contributed by atoms with van der Waals surface area (Å²) in [4.78, 5) is 20.9. The Balaban J connectivity index is 1.78. The first kappa shape index (κ1) is 19.4. The molecular weight excluding hydrogens is 352 g/mol. The van der Waals surface area contributed by atoms with E-state index in [0.717, 1.165) is 17.0 Å². The molecule has 28 heavy (non-hydrogen) atoms. The maximum absolute atomic E-state index is 12.5. The lowest BCUT2D eigenvalue weighted by atomic mass is 9.86. The van der Waals surface area contributed by atoms with Gasteiger partial charge in [-0.1, -0.05) is 39.0 Å². The molecule has 2 N–H and O–H groups in total. The molecule has 144 valence electrons. The molecular formula is C22H24N4O2. The van der Waals surface area contributed by atoms with Gasteiger partial charge in [-0.2, -0.15) is 0 Å². The SMILES string of the molecule is COc1ccc(NC(=O)c2cc(Nc3ccccc3C(C)(C)C)ncn2)cc1. The minimum atomic E-state index is -0.306. The normalized spacial score (nSPS) is 11.0. The monoisotopic (exact) mass is 376 g/mol. The third kappa shape index (κ3) is 4.65. The second-order valence-corrected chi connectivity index (χ2v) is 7.39. The van der Waals surface area contributed by atoms with Crippen LogP contribution in [0.15, 0.2) is 60.9 Å². The molecule has 3 aromatic rings. The minimum absolute atomic E-state index is 0.0226. The number of carbonyl (C=O) groups is 1. The lowest BCUT2D eigenvalue weighted by molar-refractivity contribution is 0.102. The summed E-state index contributed by atoms with van der Waals surface area (Å²) in [5.41, 5.74) is 3.04. The van der Waals surface area contributed by atoms with Gasteiger partial charge in [-0.25, -0.2) is 9.97 Å². The number of anilines is 3. The van der Waals surface area contributed by atoms with Gasteiger partial charge < -0.3 is 15.4 Å². The average molecular weight is 376 g/mol. The Bertz CT molecular complexity index is 963. The molecule has 0 aliphatic heterocycles. The van der Waals surface area contributed by atoms with E-state index in [4.69, 9.17) is 4.74 Å². The summed E-state index contributed by atoms with van der Waals surface area (Å²) in [5, 5.41) is 6.13. The zero-order valence-electron chi connectivity index (χ0n) is 16.5. The molecule has 6 heteroatoms. The summed E-state index contributed by atoms with van der Waals surface area (Å²) >= 11 is 0. The smallest absolute Gasteiger partial charge is 0.274 e. The molecule has 0 saturated heterocycles. The first-order valence-corrected chi connectivity index (χ1v) is 9.01. The number of nitrogens with zero attached hydrogens (tertiary/aromatic N) is 2. The number of carbonyl (C=O) groups excluding carboxylic acids is 1. The molecule has 0 spiro atoms. The fourth-order valence-electron chi connectivity index (χ4n) is 2.80. The average Bonchev–Trinajstić information content (AvgIpc) is 2.68. The van der Waals surface area contributed by atoms with E-state index in [2.05, 4.69) is 47.4 Å². The van der Waals surface area contributed by atoms with Crippen molar-refractivity contribution in [2.45, 2.75) is 26.2 Å². The summed E-state index contributed by atoms with van der Waals surface area (Å²) in [5.74, 6) is 0.982. The third-order valence-corrected chi connectivity index (χ3v) is 4.25. The lowest BCUT2D eigenvalue weighted by Gasteiger charge is -2.23. The van der Waals surface area contributed by atoms with Gasteiger partial charge in [-0.3, -0.25) is 4.79 Å². The molecule has 0 saturated carbocycles. The number of ether oxygens (including phenoxy) is 1. The Morgan fingerprint density at radius 1 is 1.00 bits per heavy atom. The van der Waals surface area contributed by atoms with Crippen LogP contribution < -0.4 is 15.4 Å². The molecule has 0 aliphatic carbocycles. The van der Waals surface area contributed by atoms with Crippen molar-refractivity contribution < 1.29 is 9.53 Å². The van der Waals surface area contributed by atoms with Gasteiger partial charge >= 0.3 is 0 Å². The van der Waals surface area contributed by atoms with Gasteiger partial charge in [-0.05, 0) is 41.3 Å². The summed E-state index contributed by atoms with van der Waals surface area (Å²) < 4.78 is 5.12. The van der Waals surface area contributed by atoms with E-state index in [1.807, 2.05) is 18.2 Å². The molecule has 3 rings (SSSR count). The van der Waals surface area contributed by atoms with Crippen LogP contribution in [0.2, 0.25) is 0 Å². The first-order chi connectivity index (χ1) is 13.4. The van der Waals surface area contributed by atoms with E-state index in [-0.39, 0.29) is 17.0 Å². The van der Waals surface area contributed by atoms with Crippen LogP contribution in [0.25, 0.3) is 0 Å². The minimum Gasteiger partial charge on any atom is -0.497 e. The van der Waals surface area contributed by atoms with E-state index in [1.54, 1.807) is 37.4 Å². The van der Waals surface area contributed by atoms with E-state index in [1.165, 1.54) is 6.33 Å². The Morgan fingerprint density at radius 2 is 1.71 bits per heavy atom. The van der Waals surface area contributed by atoms with Gasteiger partial charge in [0, 0.05) is 17.4 Å². The molecule has 0 fully saturated rings. The number of benzene rings is 2. The van der Waals surface area contributed by atoms with Crippen LogP contribution in [0.4, 0.5) is 17.2 Å². The van der Waals surface area contributed by atoms with Gasteiger partial charge in [0.15, 0.2) is 0 Å². The van der Waals surface area contributed by atoms with Crippen molar-refractivity contribution in [1.29, 1.82) is 0 Å². The molecule has 0 bridgehead atoms. The van der Waals surface area contributed by atoms with Crippen molar-refractivity contribution in [3.05, 3.63) is 72.2 Å². The first-order valence-electron chi connectivity index (χ1n) is 9.01. The molecule has 0 unspecified atom stereocenters. The topological polar surface area (TPSA) is 76.1 Å². The molecule has 0 atom stereocenters. The number of rotatable bonds is 5. The van der Waals surface area contributed by atoms with Gasteiger partial charge in [0.2, 0.25) is 0 Å². The van der Waals surface area contributed by atoms with Gasteiger partial charge in [0.1, 0.15) is 23.6 Å². The Morgan fingerprint density at radius 3 is 2.39 bits per heavy atom. The number of amides is 1. The highest BCUT2D eigenvalue weighted by Gasteiger charge is 2.18.